The molecule has 16 nitrogen and oxygen atoms in total. The number of benzene rings is 3. The molecule has 18 heteroatoms. The van der Waals surface area contributed by atoms with Crippen molar-refractivity contribution in [1.29, 1.82) is 0 Å². The van der Waals surface area contributed by atoms with E-state index in [0.717, 1.165) is 55.5 Å². The summed E-state index contributed by atoms with van der Waals surface area (Å²) in [7, 11) is 1.59. The van der Waals surface area contributed by atoms with Crippen LogP contribution in [-0.2, 0) is 25.7 Å². The number of unbranched alkanes of at least 4 members (excludes halogenated alkanes) is 1. The maximum atomic E-state index is 13.7. The van der Waals surface area contributed by atoms with Crippen LogP contribution in [0.15, 0.2) is 66.9 Å². The molecule has 1 aromatic heterocycles. The summed E-state index contributed by atoms with van der Waals surface area (Å²) in [5, 5.41) is 6.14. The Morgan fingerprint density at radius 2 is 1.81 bits per heavy atom. The van der Waals surface area contributed by atoms with E-state index < -0.39 is 23.7 Å². The minimum Gasteiger partial charge on any atom is -0.496 e. The van der Waals surface area contributed by atoms with Gasteiger partial charge in [0, 0.05) is 104 Å². The topological polar surface area (TPSA) is 193 Å². The van der Waals surface area contributed by atoms with E-state index in [2.05, 4.69) is 30.4 Å². The molecule has 5 heterocycles. The molecule has 5 amide bonds. The quantitative estimate of drug-likeness (QED) is 0.0835. The maximum absolute atomic E-state index is 13.7. The molecule has 0 spiro atoms. The Morgan fingerprint density at radius 3 is 2.55 bits per heavy atom. The van der Waals surface area contributed by atoms with Gasteiger partial charge < -0.3 is 30.3 Å². The third kappa shape index (κ3) is 9.96. The minimum atomic E-state index is -0.689. The van der Waals surface area contributed by atoms with Crippen LogP contribution in [0.2, 0.25) is 5.02 Å². The largest absolute Gasteiger partial charge is 0.496 e. The summed E-state index contributed by atoms with van der Waals surface area (Å²) >= 11 is 5.95. The second-order valence-corrected chi connectivity index (χ2v) is 16.9. The lowest BCUT2D eigenvalue weighted by molar-refractivity contribution is -0.137. The number of piperidine rings is 2. The number of likely N-dealkylation sites (tertiary alicyclic amines) is 1. The summed E-state index contributed by atoms with van der Waals surface area (Å²) < 4.78 is 25.7. The number of nitrogens with two attached hydrogens (primary N) is 1. The fourth-order valence-corrected chi connectivity index (χ4v) is 9.31. The molecular formula is C46H51ClFN9O7. The fourth-order valence-electron chi connectivity index (χ4n) is 9.13. The van der Waals surface area contributed by atoms with Gasteiger partial charge in [-0.25, -0.2) is 14.4 Å². The first-order valence-electron chi connectivity index (χ1n) is 21.7. The first-order valence-corrected chi connectivity index (χ1v) is 22.0. The molecule has 0 bridgehead atoms. The highest BCUT2D eigenvalue weighted by molar-refractivity contribution is 6.31. The number of primary amides is 1. The second-order valence-electron chi connectivity index (χ2n) is 16.5. The van der Waals surface area contributed by atoms with Crippen molar-refractivity contribution in [3.63, 3.8) is 0 Å². The van der Waals surface area contributed by atoms with Crippen molar-refractivity contribution in [2.75, 3.05) is 58.3 Å². The molecule has 4 aliphatic rings. The predicted molar refractivity (Wildman–Crippen MR) is 236 cm³/mol. The number of fused-ring (bicyclic) bond motifs is 2. The van der Waals surface area contributed by atoms with Gasteiger partial charge in [0.1, 0.15) is 23.4 Å². The second kappa shape index (κ2) is 19.7. The number of nitrogens with one attached hydrogen (secondary N) is 2. The molecule has 0 radical (unpaired) electrons. The number of hydrogen-bond donors (Lipinski definition) is 3. The Hall–Kier alpha value is -6.17. The van der Waals surface area contributed by atoms with Crippen molar-refractivity contribution >= 4 is 63.7 Å². The number of piperazine rings is 1. The van der Waals surface area contributed by atoms with Crippen LogP contribution in [0.25, 0.3) is 10.9 Å². The van der Waals surface area contributed by atoms with Crippen LogP contribution in [0.5, 0.6) is 11.5 Å². The Bertz CT molecular complexity index is 2470. The molecule has 4 aromatic rings. The van der Waals surface area contributed by atoms with Gasteiger partial charge in [-0.15, -0.1) is 0 Å². The van der Waals surface area contributed by atoms with Crippen LogP contribution >= 0.6 is 11.6 Å². The van der Waals surface area contributed by atoms with Crippen molar-refractivity contribution in [3.05, 3.63) is 94.4 Å². The highest BCUT2D eigenvalue weighted by Gasteiger charge is 2.40. The van der Waals surface area contributed by atoms with Gasteiger partial charge in [0.05, 0.1) is 36.8 Å². The van der Waals surface area contributed by atoms with Crippen molar-refractivity contribution in [2.45, 2.75) is 69.6 Å². The van der Waals surface area contributed by atoms with E-state index in [1.54, 1.807) is 31.5 Å². The third-order valence-electron chi connectivity index (χ3n) is 12.5. The number of halogens is 2. The van der Waals surface area contributed by atoms with E-state index in [-0.39, 0.29) is 41.8 Å². The smallest absolute Gasteiger partial charge is 0.255 e. The molecule has 2 unspecified atom stereocenters. The molecule has 3 fully saturated rings. The van der Waals surface area contributed by atoms with Crippen molar-refractivity contribution in [2.24, 2.45) is 5.73 Å². The molecule has 3 saturated heterocycles. The number of nitrogens with zero attached hydrogens (tertiary/aromatic N) is 6. The third-order valence-corrected chi connectivity index (χ3v) is 12.8. The average molecular weight is 896 g/mol. The number of carbonyl (C=O) groups is 5. The monoisotopic (exact) mass is 895 g/mol. The van der Waals surface area contributed by atoms with Crippen LogP contribution in [0, 0.1) is 5.82 Å². The minimum absolute atomic E-state index is 0.0166. The first-order chi connectivity index (χ1) is 30.9. The standard InChI is InChI=1S/C46H51ClFN9O7/c1-63-40-25-36-28(26-50-46(52-36)51-29-8-9-35(48)34(47)24-29)23-32(40)37(10-12-41(49)58)55-16-14-30(15-17-55)54-18-20-56(21-19-54)43(60)7-2-3-22-64-39-6-4-5-31-33(39)27-57(45(31)62)38-11-13-42(59)53-44(38)61/h4-6,8-10,12,23-26,30,37-38H,2-3,7,11,13-22,27H2,1H3,(H2,49,58)(H,50,51,52)(H,53,59,61). The zero-order valence-corrected chi connectivity index (χ0v) is 36.3. The van der Waals surface area contributed by atoms with E-state index in [4.69, 9.17) is 26.8 Å². The maximum Gasteiger partial charge on any atom is 0.255 e. The molecule has 3 aromatic carbocycles. The Morgan fingerprint density at radius 1 is 1.02 bits per heavy atom. The summed E-state index contributed by atoms with van der Waals surface area (Å²) in [4.78, 5) is 79.8. The zero-order valence-electron chi connectivity index (χ0n) is 35.6. The highest BCUT2D eigenvalue weighted by Crippen LogP contribution is 2.37. The number of amides is 5. The van der Waals surface area contributed by atoms with Crippen LogP contribution in [0.1, 0.15) is 72.5 Å². The van der Waals surface area contributed by atoms with E-state index in [1.165, 1.54) is 23.1 Å². The van der Waals surface area contributed by atoms with E-state index >= 15 is 0 Å². The Kier molecular flexibility index (Phi) is 13.7. The van der Waals surface area contributed by atoms with Gasteiger partial charge in [-0.05, 0) is 68.5 Å². The number of hydrogen-bond acceptors (Lipinski definition) is 12. The van der Waals surface area contributed by atoms with Gasteiger partial charge in [0.2, 0.25) is 29.6 Å². The van der Waals surface area contributed by atoms with E-state index in [9.17, 15) is 28.4 Å². The average Bonchev–Trinajstić information content (AvgIpc) is 3.63. The van der Waals surface area contributed by atoms with E-state index in [0.29, 0.717) is 85.6 Å². The molecule has 0 aliphatic carbocycles. The van der Waals surface area contributed by atoms with Crippen LogP contribution in [-0.4, -0.2) is 124 Å². The number of rotatable bonds is 15. The van der Waals surface area contributed by atoms with Crippen molar-refractivity contribution in [1.82, 2.24) is 34.9 Å². The van der Waals surface area contributed by atoms with Gasteiger partial charge in [0.15, 0.2) is 0 Å². The summed E-state index contributed by atoms with van der Waals surface area (Å²) in [6.07, 6.45) is 8.95. The zero-order chi connectivity index (χ0) is 44.9. The van der Waals surface area contributed by atoms with E-state index in [1.807, 2.05) is 29.2 Å². The first kappa shape index (κ1) is 44.4. The number of ether oxygens (including phenoxy) is 2. The number of imide groups is 1. The lowest BCUT2D eigenvalue weighted by atomic mass is 9.96. The molecule has 336 valence electrons. The number of methoxy groups -OCH3 is 1. The molecule has 4 N–H and O–H groups in total. The SMILES string of the molecule is COc1cc2nc(Nc3ccc(F)c(Cl)c3)ncc2cc1C(C=CC(N)=O)N1CCC(N2CCN(C(=O)CCCCOc3cccc4c3CN(C3CCC(=O)NC3=O)C4=O)CC2)CC1. The molecule has 8 rings (SSSR count). The highest BCUT2D eigenvalue weighted by atomic mass is 35.5. The normalized spacial score (nSPS) is 19.2. The number of aromatic nitrogens is 2. The Labute approximate surface area is 374 Å². The summed E-state index contributed by atoms with van der Waals surface area (Å²) in [6, 6.07) is 12.7. The molecule has 0 saturated carbocycles. The van der Waals surface area contributed by atoms with Gasteiger partial charge in [-0.2, -0.15) is 0 Å². The molecule has 2 atom stereocenters. The summed E-state index contributed by atoms with van der Waals surface area (Å²) in [5.74, 6) is -0.468. The molecule has 4 aliphatic heterocycles. The number of anilines is 2. The van der Waals surface area contributed by atoms with Crippen molar-refractivity contribution < 1.29 is 37.8 Å². The molecule has 64 heavy (non-hydrogen) atoms. The Balaban J connectivity index is 0.802. The lowest BCUT2D eigenvalue weighted by Crippen LogP contribution is -2.54. The fraction of sp³-hybridized carbons (Fsp3) is 0.413. The van der Waals surface area contributed by atoms with Crippen LogP contribution in [0.4, 0.5) is 16.0 Å². The number of carbonyl (C=O) groups excluding carboxylic acids is 5. The van der Waals surface area contributed by atoms with Gasteiger partial charge in [-0.1, -0.05) is 23.7 Å². The van der Waals surface area contributed by atoms with Crippen molar-refractivity contribution in [3.8, 4) is 11.5 Å². The molecular weight excluding hydrogens is 845 g/mol. The predicted octanol–water partition coefficient (Wildman–Crippen LogP) is 4.88. The summed E-state index contributed by atoms with van der Waals surface area (Å²) in [5.41, 5.74) is 8.82. The summed E-state index contributed by atoms with van der Waals surface area (Å²) in [6.45, 7) is 5.08. The van der Waals surface area contributed by atoms with Gasteiger partial charge in [-0.3, -0.25) is 39.1 Å². The van der Waals surface area contributed by atoms with Crippen LogP contribution in [0.3, 0.4) is 0 Å². The van der Waals surface area contributed by atoms with Crippen LogP contribution < -0.4 is 25.8 Å². The van der Waals surface area contributed by atoms with Gasteiger partial charge in [0.25, 0.3) is 5.91 Å². The van der Waals surface area contributed by atoms with Gasteiger partial charge >= 0.3 is 0 Å². The lowest BCUT2D eigenvalue weighted by Gasteiger charge is -2.44.